The van der Waals surface area contributed by atoms with Crippen molar-refractivity contribution < 1.29 is 28.2 Å². The van der Waals surface area contributed by atoms with Crippen LogP contribution in [0.4, 0.5) is 10.1 Å². The lowest BCUT2D eigenvalue weighted by Gasteiger charge is -2.18. The van der Waals surface area contributed by atoms with Crippen molar-refractivity contribution in [2.45, 2.75) is 6.92 Å². The summed E-state index contributed by atoms with van der Waals surface area (Å²) in [7, 11) is 4.24. The van der Waals surface area contributed by atoms with Crippen molar-refractivity contribution in [3.63, 3.8) is 0 Å². The number of nitrogens with zero attached hydrogens (tertiary/aromatic N) is 1. The second-order valence-electron chi connectivity index (χ2n) is 6.21. The third-order valence-corrected chi connectivity index (χ3v) is 4.62. The summed E-state index contributed by atoms with van der Waals surface area (Å²) in [5.41, 5.74) is 1.05. The van der Waals surface area contributed by atoms with Crippen LogP contribution in [0.25, 0.3) is 6.08 Å². The molecule has 1 aliphatic heterocycles. The summed E-state index contributed by atoms with van der Waals surface area (Å²) in [6.07, 6.45) is 1.53. The molecule has 6 nitrogen and oxygen atoms in total. The number of para-hydroxylation sites is 1. The lowest BCUT2D eigenvalue weighted by Crippen LogP contribution is -2.25. The number of carbonyl (C=O) groups is 2. The predicted octanol–water partition coefficient (Wildman–Crippen LogP) is 3.72. The van der Waals surface area contributed by atoms with Crippen molar-refractivity contribution >= 4 is 23.6 Å². The summed E-state index contributed by atoms with van der Waals surface area (Å²) < 4.78 is 29.8. The third-order valence-electron chi connectivity index (χ3n) is 4.62. The molecule has 150 valence electrons. The van der Waals surface area contributed by atoms with E-state index in [9.17, 15) is 14.0 Å². The van der Waals surface area contributed by atoms with Gasteiger partial charge in [-0.15, -0.1) is 0 Å². The van der Waals surface area contributed by atoms with Crippen LogP contribution in [-0.2, 0) is 14.3 Å². The molecule has 1 heterocycles. The average molecular weight is 397 g/mol. The Morgan fingerprint density at radius 1 is 1.07 bits per heavy atom. The van der Waals surface area contributed by atoms with Gasteiger partial charge in [0, 0.05) is 17.3 Å². The Hall–Kier alpha value is -3.61. The number of allylic oxidation sites excluding steroid dienone is 1. The number of carbonyl (C=O) groups excluding carboxylic acids is 2. The summed E-state index contributed by atoms with van der Waals surface area (Å²) >= 11 is 0. The number of amides is 1. The van der Waals surface area contributed by atoms with Gasteiger partial charge in [0.05, 0.1) is 38.2 Å². The fourth-order valence-corrected chi connectivity index (χ4v) is 3.20. The minimum atomic E-state index is -0.687. The molecule has 0 saturated heterocycles. The third kappa shape index (κ3) is 3.59. The van der Waals surface area contributed by atoms with Crippen molar-refractivity contribution in [3.05, 3.63) is 70.7 Å². The summed E-state index contributed by atoms with van der Waals surface area (Å²) in [6.45, 7) is 1.57. The van der Waals surface area contributed by atoms with Crippen LogP contribution in [0.5, 0.6) is 11.5 Å². The number of esters is 1. The van der Waals surface area contributed by atoms with Gasteiger partial charge < -0.3 is 14.2 Å². The molecule has 2 aromatic carbocycles. The number of benzene rings is 2. The van der Waals surface area contributed by atoms with Crippen LogP contribution >= 0.6 is 0 Å². The lowest BCUT2D eigenvalue weighted by atomic mass is 10.0. The Balaban J connectivity index is 2.18. The highest BCUT2D eigenvalue weighted by Gasteiger charge is 2.39. The minimum absolute atomic E-state index is 0.0569. The Morgan fingerprint density at radius 2 is 1.79 bits per heavy atom. The van der Waals surface area contributed by atoms with E-state index >= 15 is 0 Å². The van der Waals surface area contributed by atoms with Gasteiger partial charge in [-0.1, -0.05) is 12.1 Å². The first-order valence-corrected chi connectivity index (χ1v) is 8.75. The van der Waals surface area contributed by atoms with E-state index in [1.54, 1.807) is 31.2 Å². The zero-order valence-electron chi connectivity index (χ0n) is 16.5. The maximum atomic E-state index is 14.4. The maximum Gasteiger partial charge on any atom is 0.340 e. The van der Waals surface area contributed by atoms with Gasteiger partial charge >= 0.3 is 5.97 Å². The molecule has 0 radical (unpaired) electrons. The quantitative estimate of drug-likeness (QED) is 0.568. The fraction of sp³-hybridized carbons (Fsp3) is 0.182. The molecular weight excluding hydrogens is 377 g/mol. The van der Waals surface area contributed by atoms with Gasteiger partial charge in [0.15, 0.2) is 0 Å². The van der Waals surface area contributed by atoms with E-state index in [1.165, 1.54) is 50.5 Å². The fourth-order valence-electron chi connectivity index (χ4n) is 3.20. The summed E-state index contributed by atoms with van der Waals surface area (Å²) in [6, 6.07) is 10.9. The second kappa shape index (κ2) is 8.18. The van der Waals surface area contributed by atoms with Crippen molar-refractivity contribution in [1.82, 2.24) is 0 Å². The Morgan fingerprint density at radius 3 is 2.41 bits per heavy atom. The van der Waals surface area contributed by atoms with Crippen molar-refractivity contribution in [3.8, 4) is 11.5 Å². The van der Waals surface area contributed by atoms with Gasteiger partial charge in [-0.3, -0.25) is 9.69 Å². The highest BCUT2D eigenvalue weighted by molar-refractivity contribution is 6.24. The molecule has 0 bridgehead atoms. The molecule has 2 aromatic rings. The van der Waals surface area contributed by atoms with E-state index in [0.29, 0.717) is 17.1 Å². The molecule has 0 aliphatic carbocycles. The number of halogens is 1. The largest absolute Gasteiger partial charge is 0.497 e. The molecule has 7 heteroatoms. The van der Waals surface area contributed by atoms with Crippen molar-refractivity contribution in [2.24, 2.45) is 0 Å². The van der Waals surface area contributed by atoms with Gasteiger partial charge in [-0.25, -0.2) is 9.18 Å². The standard InChI is InChI=1S/C22H20FNO5/c1-13-20(22(26)29-4)16(11-14-9-10-15(27-2)12-19(14)28-3)21(25)24(13)18-8-6-5-7-17(18)23/h5-12H,1-4H3. The van der Waals surface area contributed by atoms with E-state index in [1.807, 2.05) is 0 Å². The van der Waals surface area contributed by atoms with Gasteiger partial charge in [0.25, 0.3) is 5.91 Å². The smallest absolute Gasteiger partial charge is 0.340 e. The first-order chi connectivity index (χ1) is 13.9. The maximum absolute atomic E-state index is 14.4. The number of anilines is 1. The molecule has 0 unspecified atom stereocenters. The SMILES string of the molecule is COC(=O)C1=C(C)N(c2ccccc2F)C(=O)C1=Cc1ccc(OC)cc1OC. The topological polar surface area (TPSA) is 65.1 Å². The number of ether oxygens (including phenoxy) is 3. The molecule has 0 spiro atoms. The number of rotatable bonds is 5. The molecule has 0 aromatic heterocycles. The number of hydrogen-bond donors (Lipinski definition) is 0. The molecule has 29 heavy (non-hydrogen) atoms. The number of hydrogen-bond acceptors (Lipinski definition) is 5. The van der Waals surface area contributed by atoms with Crippen LogP contribution in [0.1, 0.15) is 12.5 Å². The molecule has 0 fully saturated rings. The van der Waals surface area contributed by atoms with Crippen molar-refractivity contribution in [2.75, 3.05) is 26.2 Å². The van der Waals surface area contributed by atoms with Gasteiger partial charge in [0.2, 0.25) is 0 Å². The van der Waals surface area contributed by atoms with Gasteiger partial charge in [0.1, 0.15) is 17.3 Å². The molecule has 3 rings (SSSR count). The van der Waals surface area contributed by atoms with Crippen LogP contribution in [0.3, 0.4) is 0 Å². The number of methoxy groups -OCH3 is 3. The van der Waals surface area contributed by atoms with E-state index in [4.69, 9.17) is 14.2 Å². The highest BCUT2D eigenvalue weighted by Crippen LogP contribution is 2.37. The molecule has 1 aliphatic rings. The van der Waals surface area contributed by atoms with E-state index in [2.05, 4.69) is 0 Å². The Bertz CT molecular complexity index is 1040. The van der Waals surface area contributed by atoms with Crippen LogP contribution in [-0.4, -0.2) is 33.2 Å². The molecule has 0 saturated carbocycles. The van der Waals surface area contributed by atoms with Crippen LogP contribution in [0, 0.1) is 5.82 Å². The summed E-state index contributed by atoms with van der Waals surface area (Å²) in [5.74, 6) is -0.766. The molecule has 1 amide bonds. The Labute approximate surface area is 167 Å². The monoisotopic (exact) mass is 397 g/mol. The normalized spacial score (nSPS) is 15.1. The molecular formula is C22H20FNO5. The minimum Gasteiger partial charge on any atom is -0.497 e. The van der Waals surface area contributed by atoms with Gasteiger partial charge in [-0.05, 0) is 37.3 Å². The average Bonchev–Trinajstić information content (AvgIpc) is 2.97. The first-order valence-electron chi connectivity index (χ1n) is 8.75. The summed E-state index contributed by atoms with van der Waals surface area (Å²) in [5, 5.41) is 0. The van der Waals surface area contributed by atoms with E-state index in [-0.39, 0.29) is 22.5 Å². The van der Waals surface area contributed by atoms with Crippen molar-refractivity contribution in [1.29, 1.82) is 0 Å². The predicted molar refractivity (Wildman–Crippen MR) is 106 cm³/mol. The van der Waals surface area contributed by atoms with Crippen LogP contribution < -0.4 is 14.4 Å². The zero-order chi connectivity index (χ0) is 21.1. The lowest BCUT2D eigenvalue weighted by molar-refractivity contribution is -0.136. The van der Waals surface area contributed by atoms with Gasteiger partial charge in [-0.2, -0.15) is 0 Å². The van der Waals surface area contributed by atoms with E-state index in [0.717, 1.165) is 0 Å². The summed E-state index contributed by atoms with van der Waals surface area (Å²) in [4.78, 5) is 26.8. The van der Waals surface area contributed by atoms with Crippen LogP contribution in [0.2, 0.25) is 0 Å². The molecule has 0 atom stereocenters. The van der Waals surface area contributed by atoms with E-state index < -0.39 is 17.7 Å². The van der Waals surface area contributed by atoms with Crippen LogP contribution in [0.15, 0.2) is 59.3 Å². The molecule has 0 N–H and O–H groups in total. The zero-order valence-corrected chi connectivity index (χ0v) is 16.5. The second-order valence-corrected chi connectivity index (χ2v) is 6.21. The Kier molecular flexibility index (Phi) is 5.68. The first kappa shape index (κ1) is 20.1. The highest BCUT2D eigenvalue weighted by atomic mass is 19.1.